The van der Waals surface area contributed by atoms with Crippen molar-refractivity contribution in [1.82, 2.24) is 15.8 Å². The summed E-state index contributed by atoms with van der Waals surface area (Å²) in [5.41, 5.74) is 2.80. The van der Waals surface area contributed by atoms with Gasteiger partial charge in [0, 0.05) is 13.7 Å². The van der Waals surface area contributed by atoms with Gasteiger partial charge in [0.1, 0.15) is 18.7 Å². The van der Waals surface area contributed by atoms with Gasteiger partial charge in [-0.05, 0) is 45.4 Å². The molecule has 0 radical (unpaired) electrons. The third-order valence-corrected chi connectivity index (χ3v) is 6.17. The van der Waals surface area contributed by atoms with Gasteiger partial charge in [-0.3, -0.25) is 24.2 Å². The number of halogens is 3. The van der Waals surface area contributed by atoms with E-state index in [-0.39, 0.29) is 12.0 Å². The summed E-state index contributed by atoms with van der Waals surface area (Å²) in [6, 6.07) is -1.78. The first kappa shape index (κ1) is 33.4. The van der Waals surface area contributed by atoms with Crippen molar-refractivity contribution in [2.75, 3.05) is 20.3 Å². The quantitative estimate of drug-likeness (QED) is 0.192. The number of nitrogens with one attached hydrogen (secondary N) is 2. The minimum atomic E-state index is -1.75. The van der Waals surface area contributed by atoms with Crippen molar-refractivity contribution < 1.29 is 33.4 Å². The number of rotatable bonds is 13. The van der Waals surface area contributed by atoms with Crippen molar-refractivity contribution in [3.05, 3.63) is 12.7 Å². The molecule has 0 aliphatic carbocycles. The van der Waals surface area contributed by atoms with E-state index < -0.39 is 58.3 Å². The number of esters is 2. The Morgan fingerprint density at radius 3 is 2.38 bits per heavy atom. The summed E-state index contributed by atoms with van der Waals surface area (Å²) in [6.45, 7) is 10.2. The van der Waals surface area contributed by atoms with Gasteiger partial charge >= 0.3 is 11.9 Å². The van der Waals surface area contributed by atoms with Gasteiger partial charge in [0.05, 0.1) is 12.0 Å². The van der Waals surface area contributed by atoms with Crippen molar-refractivity contribution >= 4 is 58.6 Å². The average molecular weight is 587 g/mol. The molecule has 0 aromatic heterocycles. The molecule has 2 N–H and O–H groups in total. The molecule has 37 heavy (non-hydrogen) atoms. The Labute approximate surface area is 233 Å². The van der Waals surface area contributed by atoms with Gasteiger partial charge in [0.2, 0.25) is 3.79 Å². The second-order valence-electron chi connectivity index (χ2n) is 9.30. The van der Waals surface area contributed by atoms with Gasteiger partial charge in [0.25, 0.3) is 11.8 Å². The van der Waals surface area contributed by atoms with Crippen LogP contribution in [-0.4, -0.2) is 77.1 Å². The number of carbonyl (C=O) groups excluding carboxylic acids is 4. The molecule has 5 atom stereocenters. The Morgan fingerprint density at radius 2 is 1.84 bits per heavy atom. The number of methoxy groups -OCH3 is 1. The maximum atomic E-state index is 13.0. The lowest BCUT2D eigenvalue weighted by molar-refractivity contribution is -0.166. The summed E-state index contributed by atoms with van der Waals surface area (Å²) < 4.78 is 14.2. The number of amides is 2. The largest absolute Gasteiger partial charge is 0.460 e. The first-order valence-corrected chi connectivity index (χ1v) is 13.3. The molecule has 10 nitrogen and oxygen atoms in total. The van der Waals surface area contributed by atoms with Crippen LogP contribution in [0.3, 0.4) is 0 Å². The number of hydrogen-bond acceptors (Lipinski definition) is 8. The predicted molar refractivity (Wildman–Crippen MR) is 141 cm³/mol. The molecule has 0 saturated carbocycles. The van der Waals surface area contributed by atoms with Crippen LogP contribution in [0.25, 0.3) is 0 Å². The SMILES string of the molecule is C=CCCC(OC)[C@@H](C)C(=O)OC(C(=O)NC(C)C(=O)N1CCCC(C(=O)OCC(Cl)(Cl)Cl)N1)C(C)C. The van der Waals surface area contributed by atoms with E-state index >= 15 is 0 Å². The highest BCUT2D eigenvalue weighted by atomic mass is 35.6. The van der Waals surface area contributed by atoms with Crippen LogP contribution in [0.2, 0.25) is 0 Å². The fourth-order valence-corrected chi connectivity index (χ4v) is 3.85. The molecule has 1 rings (SSSR count). The smallest absolute Gasteiger partial charge is 0.325 e. The summed E-state index contributed by atoms with van der Waals surface area (Å²) in [5, 5.41) is 3.86. The van der Waals surface area contributed by atoms with Crippen LogP contribution in [0, 0.1) is 11.8 Å². The molecular weight excluding hydrogens is 549 g/mol. The number of ether oxygens (including phenoxy) is 3. The van der Waals surface area contributed by atoms with Crippen molar-refractivity contribution in [3.8, 4) is 0 Å². The van der Waals surface area contributed by atoms with E-state index in [0.717, 1.165) is 0 Å². The maximum absolute atomic E-state index is 13.0. The van der Waals surface area contributed by atoms with Crippen LogP contribution in [0.4, 0.5) is 0 Å². The molecule has 1 aliphatic heterocycles. The molecule has 1 aliphatic rings. The molecule has 1 saturated heterocycles. The minimum absolute atomic E-state index is 0.316. The van der Waals surface area contributed by atoms with Gasteiger partial charge in [-0.15, -0.1) is 6.58 Å². The molecule has 2 amide bonds. The van der Waals surface area contributed by atoms with E-state index in [1.165, 1.54) is 19.0 Å². The zero-order valence-electron chi connectivity index (χ0n) is 21.9. The molecule has 4 unspecified atom stereocenters. The summed E-state index contributed by atoms with van der Waals surface area (Å²) in [5.74, 6) is -3.27. The van der Waals surface area contributed by atoms with Gasteiger partial charge in [-0.25, -0.2) is 5.43 Å². The number of alkyl halides is 3. The standard InChI is InChI=1S/C24H38Cl3N3O7/c1-7-8-11-18(35-6)15(4)22(33)37-19(14(2)3)20(31)28-16(5)21(32)30-12-9-10-17(29-30)23(34)36-13-24(25,26)27/h7,14-19,29H,1,8-13H2,2-6H3,(H,28,31)/t15-,16?,17?,18?,19?/m1/s1. The first-order chi connectivity index (χ1) is 17.2. The number of nitrogens with zero attached hydrogens (tertiary/aromatic N) is 1. The Morgan fingerprint density at radius 1 is 1.19 bits per heavy atom. The third-order valence-electron chi connectivity index (χ3n) is 5.84. The Balaban J connectivity index is 2.75. The third kappa shape index (κ3) is 11.4. The van der Waals surface area contributed by atoms with Crippen LogP contribution in [0.1, 0.15) is 53.4 Å². The average Bonchev–Trinajstić information content (AvgIpc) is 2.84. The lowest BCUT2D eigenvalue weighted by Gasteiger charge is -2.34. The zero-order chi connectivity index (χ0) is 28.3. The van der Waals surface area contributed by atoms with E-state index in [9.17, 15) is 19.2 Å². The first-order valence-electron chi connectivity index (χ1n) is 12.2. The monoisotopic (exact) mass is 585 g/mol. The molecule has 0 aromatic carbocycles. The van der Waals surface area contributed by atoms with Crippen molar-refractivity contribution in [2.24, 2.45) is 11.8 Å². The fraction of sp³-hybridized carbons (Fsp3) is 0.750. The second-order valence-corrected chi connectivity index (χ2v) is 11.8. The number of hydrazine groups is 1. The fourth-order valence-electron chi connectivity index (χ4n) is 3.69. The molecule has 1 heterocycles. The predicted octanol–water partition coefficient (Wildman–Crippen LogP) is 3.09. The van der Waals surface area contributed by atoms with Crippen molar-refractivity contribution in [1.29, 1.82) is 0 Å². The lowest BCUT2D eigenvalue weighted by atomic mass is 9.99. The van der Waals surface area contributed by atoms with Crippen LogP contribution in [0.15, 0.2) is 12.7 Å². The van der Waals surface area contributed by atoms with Crippen LogP contribution in [0.5, 0.6) is 0 Å². The molecule has 0 spiro atoms. The minimum Gasteiger partial charge on any atom is -0.460 e. The summed E-state index contributed by atoms with van der Waals surface area (Å²) in [6.07, 6.45) is 2.43. The number of carbonyl (C=O) groups is 4. The van der Waals surface area contributed by atoms with E-state index in [4.69, 9.17) is 49.0 Å². The van der Waals surface area contributed by atoms with Gasteiger partial charge in [-0.2, -0.15) is 0 Å². The highest BCUT2D eigenvalue weighted by Gasteiger charge is 2.36. The Kier molecular flexibility index (Phi) is 14.2. The molecule has 212 valence electrons. The molecule has 0 bridgehead atoms. The Hall–Kier alpha value is -1.59. The van der Waals surface area contributed by atoms with Crippen molar-refractivity contribution in [2.45, 2.75) is 81.5 Å². The zero-order valence-corrected chi connectivity index (χ0v) is 24.2. The van der Waals surface area contributed by atoms with E-state index in [0.29, 0.717) is 32.2 Å². The van der Waals surface area contributed by atoms with Gasteiger partial charge in [0.15, 0.2) is 6.10 Å². The number of hydrogen-bond donors (Lipinski definition) is 2. The highest BCUT2D eigenvalue weighted by Crippen LogP contribution is 2.26. The van der Waals surface area contributed by atoms with E-state index in [2.05, 4.69) is 17.3 Å². The van der Waals surface area contributed by atoms with E-state index in [1.54, 1.807) is 26.8 Å². The Bertz CT molecular complexity index is 807. The summed E-state index contributed by atoms with van der Waals surface area (Å²) in [7, 11) is 1.51. The van der Waals surface area contributed by atoms with Crippen LogP contribution in [-0.2, 0) is 33.4 Å². The number of allylic oxidation sites excluding steroid dienone is 1. The lowest BCUT2D eigenvalue weighted by Crippen LogP contribution is -2.60. The van der Waals surface area contributed by atoms with Crippen LogP contribution < -0.4 is 10.7 Å². The molecule has 1 fully saturated rings. The topological polar surface area (TPSA) is 123 Å². The van der Waals surface area contributed by atoms with Gasteiger partial charge < -0.3 is 19.5 Å². The molecular formula is C24H38Cl3N3O7. The van der Waals surface area contributed by atoms with Crippen LogP contribution >= 0.6 is 34.8 Å². The highest BCUT2D eigenvalue weighted by molar-refractivity contribution is 6.67. The maximum Gasteiger partial charge on any atom is 0.325 e. The summed E-state index contributed by atoms with van der Waals surface area (Å²) >= 11 is 16.8. The van der Waals surface area contributed by atoms with E-state index in [1.807, 2.05) is 0 Å². The summed E-state index contributed by atoms with van der Waals surface area (Å²) in [4.78, 5) is 51.0. The molecule has 13 heteroatoms. The van der Waals surface area contributed by atoms with Gasteiger partial charge in [-0.1, -0.05) is 54.7 Å². The normalized spacial score (nSPS) is 19.4. The second kappa shape index (κ2) is 15.7. The molecule has 0 aromatic rings. The van der Waals surface area contributed by atoms with Crippen molar-refractivity contribution in [3.63, 3.8) is 0 Å².